The van der Waals surface area contributed by atoms with E-state index in [1.54, 1.807) is 0 Å². The number of aromatic nitrogens is 2. The molecule has 1 fully saturated rings. The first-order valence-electron chi connectivity index (χ1n) is 7.84. The Balaban J connectivity index is 1.80. The maximum Gasteiger partial charge on any atom is 0.150 e. The zero-order chi connectivity index (χ0) is 14.8. The first kappa shape index (κ1) is 14.3. The maximum absolute atomic E-state index is 4.84. The first-order valence-corrected chi connectivity index (χ1v) is 7.84. The fraction of sp³-hybridized carbons (Fsp3) is 0.529. The molecular formula is C17H24N4. The molecule has 1 aromatic carbocycles. The Bertz CT molecular complexity index is 617. The lowest BCUT2D eigenvalue weighted by molar-refractivity contribution is 0.323. The SMILES string of the molecule is CNC(C)C1CCN(c2nc3ccccc3nc2C)CC1. The van der Waals surface area contributed by atoms with Crippen molar-refractivity contribution in [2.45, 2.75) is 32.7 Å². The van der Waals surface area contributed by atoms with Crippen molar-refractivity contribution in [2.24, 2.45) is 5.92 Å². The third-order valence-corrected chi connectivity index (χ3v) is 4.72. The van der Waals surface area contributed by atoms with Crippen LogP contribution in [0.1, 0.15) is 25.5 Å². The van der Waals surface area contributed by atoms with Gasteiger partial charge < -0.3 is 10.2 Å². The molecule has 3 rings (SSSR count). The van der Waals surface area contributed by atoms with E-state index >= 15 is 0 Å². The van der Waals surface area contributed by atoms with Crippen molar-refractivity contribution in [1.82, 2.24) is 15.3 Å². The summed E-state index contributed by atoms with van der Waals surface area (Å²) in [4.78, 5) is 11.9. The van der Waals surface area contributed by atoms with Gasteiger partial charge in [0.15, 0.2) is 5.82 Å². The van der Waals surface area contributed by atoms with Crippen LogP contribution in [0.25, 0.3) is 11.0 Å². The number of hydrogen-bond acceptors (Lipinski definition) is 4. The molecular weight excluding hydrogens is 260 g/mol. The Morgan fingerprint density at radius 1 is 1.14 bits per heavy atom. The topological polar surface area (TPSA) is 41.0 Å². The molecule has 1 aromatic heterocycles. The number of benzene rings is 1. The maximum atomic E-state index is 4.84. The molecule has 0 aliphatic carbocycles. The fourth-order valence-corrected chi connectivity index (χ4v) is 3.23. The Morgan fingerprint density at radius 3 is 2.38 bits per heavy atom. The number of anilines is 1. The largest absolute Gasteiger partial charge is 0.355 e. The first-order chi connectivity index (χ1) is 10.2. The lowest BCUT2D eigenvalue weighted by atomic mass is 9.90. The molecule has 0 saturated carbocycles. The molecule has 0 bridgehead atoms. The summed E-state index contributed by atoms with van der Waals surface area (Å²) in [6.45, 7) is 6.49. The summed E-state index contributed by atoms with van der Waals surface area (Å²) in [5.74, 6) is 1.82. The lowest BCUT2D eigenvalue weighted by Crippen LogP contribution is -2.41. The van der Waals surface area contributed by atoms with E-state index in [1.165, 1.54) is 12.8 Å². The quantitative estimate of drug-likeness (QED) is 0.941. The zero-order valence-corrected chi connectivity index (χ0v) is 13.1. The molecule has 1 aliphatic rings. The predicted molar refractivity (Wildman–Crippen MR) is 87.7 cm³/mol. The van der Waals surface area contributed by atoms with Crippen molar-refractivity contribution in [3.05, 3.63) is 30.0 Å². The highest BCUT2D eigenvalue weighted by atomic mass is 15.2. The predicted octanol–water partition coefficient (Wildman–Crippen LogP) is 2.76. The number of aryl methyl sites for hydroxylation is 1. The number of hydrogen-bond donors (Lipinski definition) is 1. The van der Waals surface area contributed by atoms with Crippen molar-refractivity contribution in [3.8, 4) is 0 Å². The van der Waals surface area contributed by atoms with Gasteiger partial charge in [0, 0.05) is 19.1 Å². The zero-order valence-electron chi connectivity index (χ0n) is 13.1. The van der Waals surface area contributed by atoms with Crippen LogP contribution in [0.2, 0.25) is 0 Å². The highest BCUT2D eigenvalue weighted by Crippen LogP contribution is 2.26. The summed E-state index contributed by atoms with van der Waals surface area (Å²) in [5, 5.41) is 3.38. The third-order valence-electron chi connectivity index (χ3n) is 4.72. The molecule has 1 atom stereocenters. The minimum Gasteiger partial charge on any atom is -0.355 e. The molecule has 4 heteroatoms. The molecule has 2 aromatic rings. The fourth-order valence-electron chi connectivity index (χ4n) is 3.23. The summed E-state index contributed by atoms with van der Waals surface area (Å²) < 4.78 is 0. The monoisotopic (exact) mass is 284 g/mol. The Morgan fingerprint density at radius 2 is 1.76 bits per heavy atom. The highest BCUT2D eigenvalue weighted by Gasteiger charge is 2.24. The van der Waals surface area contributed by atoms with Crippen LogP contribution in [0.4, 0.5) is 5.82 Å². The van der Waals surface area contributed by atoms with E-state index in [-0.39, 0.29) is 0 Å². The van der Waals surface area contributed by atoms with Gasteiger partial charge in [-0.1, -0.05) is 12.1 Å². The summed E-state index contributed by atoms with van der Waals surface area (Å²) in [6.07, 6.45) is 2.44. The van der Waals surface area contributed by atoms with Gasteiger partial charge in [0.2, 0.25) is 0 Å². The molecule has 4 nitrogen and oxygen atoms in total. The number of rotatable bonds is 3. The molecule has 1 aliphatic heterocycles. The van der Waals surface area contributed by atoms with Gasteiger partial charge in [0.25, 0.3) is 0 Å². The van der Waals surface area contributed by atoms with Gasteiger partial charge in [-0.25, -0.2) is 9.97 Å². The minimum atomic E-state index is 0.593. The van der Waals surface area contributed by atoms with E-state index in [2.05, 4.69) is 31.1 Å². The Hall–Kier alpha value is -1.68. The van der Waals surface area contributed by atoms with E-state index in [9.17, 15) is 0 Å². The van der Waals surface area contributed by atoms with Crippen LogP contribution in [0.3, 0.4) is 0 Å². The third kappa shape index (κ3) is 2.86. The van der Waals surface area contributed by atoms with Crippen LogP contribution in [0.15, 0.2) is 24.3 Å². The van der Waals surface area contributed by atoms with Crippen LogP contribution < -0.4 is 10.2 Å². The number of fused-ring (bicyclic) bond motifs is 1. The van der Waals surface area contributed by atoms with Gasteiger partial charge in [-0.2, -0.15) is 0 Å². The van der Waals surface area contributed by atoms with E-state index in [0.29, 0.717) is 6.04 Å². The van der Waals surface area contributed by atoms with Gasteiger partial charge in [-0.3, -0.25) is 0 Å². The van der Waals surface area contributed by atoms with Crippen molar-refractivity contribution >= 4 is 16.9 Å². The summed E-state index contributed by atoms with van der Waals surface area (Å²) in [5.41, 5.74) is 3.01. The number of piperidine rings is 1. The normalized spacial score (nSPS) is 18.1. The van der Waals surface area contributed by atoms with E-state index in [4.69, 9.17) is 9.97 Å². The molecule has 21 heavy (non-hydrogen) atoms. The van der Waals surface area contributed by atoms with Crippen LogP contribution >= 0.6 is 0 Å². The highest BCUT2D eigenvalue weighted by molar-refractivity contribution is 5.76. The summed E-state index contributed by atoms with van der Waals surface area (Å²) >= 11 is 0. The smallest absolute Gasteiger partial charge is 0.150 e. The second kappa shape index (κ2) is 5.98. The van der Waals surface area contributed by atoms with Crippen molar-refractivity contribution in [2.75, 3.05) is 25.0 Å². The summed E-state index contributed by atoms with van der Waals surface area (Å²) in [6, 6.07) is 8.70. The van der Waals surface area contributed by atoms with Gasteiger partial charge in [0.05, 0.1) is 16.7 Å². The second-order valence-corrected chi connectivity index (χ2v) is 6.02. The number of nitrogens with one attached hydrogen (secondary N) is 1. The summed E-state index contributed by atoms with van der Waals surface area (Å²) in [7, 11) is 2.05. The average Bonchev–Trinajstić information content (AvgIpc) is 2.53. The Labute approximate surface area is 126 Å². The molecule has 2 heterocycles. The molecule has 0 amide bonds. The molecule has 0 radical (unpaired) electrons. The van der Waals surface area contributed by atoms with Crippen LogP contribution in [0.5, 0.6) is 0 Å². The standard InChI is InChI=1S/C17H24N4/c1-12(18-3)14-8-10-21(11-9-14)17-13(2)19-15-6-4-5-7-16(15)20-17/h4-7,12,14,18H,8-11H2,1-3H3. The molecule has 0 spiro atoms. The van der Waals surface area contributed by atoms with Crippen LogP contribution in [0, 0.1) is 12.8 Å². The van der Waals surface area contributed by atoms with Gasteiger partial charge in [-0.15, -0.1) is 0 Å². The van der Waals surface area contributed by atoms with Crippen molar-refractivity contribution in [1.29, 1.82) is 0 Å². The van der Waals surface area contributed by atoms with Crippen molar-refractivity contribution in [3.63, 3.8) is 0 Å². The van der Waals surface area contributed by atoms with Crippen molar-refractivity contribution < 1.29 is 0 Å². The number of para-hydroxylation sites is 2. The molecule has 1 saturated heterocycles. The van der Waals surface area contributed by atoms with E-state index < -0.39 is 0 Å². The van der Waals surface area contributed by atoms with Gasteiger partial charge in [-0.05, 0) is 51.8 Å². The average molecular weight is 284 g/mol. The molecule has 1 N–H and O–H groups in total. The lowest BCUT2D eigenvalue weighted by Gasteiger charge is -2.35. The van der Waals surface area contributed by atoms with Crippen LogP contribution in [-0.4, -0.2) is 36.1 Å². The van der Waals surface area contributed by atoms with E-state index in [0.717, 1.165) is 41.6 Å². The second-order valence-electron chi connectivity index (χ2n) is 6.02. The van der Waals surface area contributed by atoms with Gasteiger partial charge >= 0.3 is 0 Å². The van der Waals surface area contributed by atoms with Crippen LogP contribution in [-0.2, 0) is 0 Å². The molecule has 1 unspecified atom stereocenters. The molecule has 112 valence electrons. The van der Waals surface area contributed by atoms with Gasteiger partial charge in [0.1, 0.15) is 0 Å². The Kier molecular flexibility index (Phi) is 4.06. The minimum absolute atomic E-state index is 0.593. The number of nitrogens with zero attached hydrogens (tertiary/aromatic N) is 3. The van der Waals surface area contributed by atoms with E-state index in [1.807, 2.05) is 24.3 Å².